The summed E-state index contributed by atoms with van der Waals surface area (Å²) in [5.74, 6) is 0.792. The van der Waals surface area contributed by atoms with Gasteiger partial charge >= 0.3 is 0 Å². The van der Waals surface area contributed by atoms with E-state index in [1.165, 1.54) is 42.4 Å². The highest BCUT2D eigenvalue weighted by Gasteiger charge is 2.21. The van der Waals surface area contributed by atoms with Gasteiger partial charge in [0.05, 0.1) is 10.1 Å². The second-order valence-electron chi connectivity index (χ2n) is 6.18. The molecule has 1 atom stereocenters. The molecule has 1 aliphatic heterocycles. The van der Waals surface area contributed by atoms with E-state index in [-0.39, 0.29) is 16.1 Å². The first-order valence-corrected chi connectivity index (χ1v) is 10.8. The molecule has 26 heavy (non-hydrogen) atoms. The number of rotatable bonds is 5. The number of hydrogen-bond acceptors (Lipinski definition) is 6. The summed E-state index contributed by atoms with van der Waals surface area (Å²) in [4.78, 5) is 12.4. The Labute approximate surface area is 156 Å². The van der Waals surface area contributed by atoms with Gasteiger partial charge in [0, 0.05) is 18.7 Å². The summed E-state index contributed by atoms with van der Waals surface area (Å²) in [5, 5.41) is 16.7. The van der Waals surface area contributed by atoms with Gasteiger partial charge in [-0.3, -0.25) is 4.79 Å². The number of amides is 1. The first-order chi connectivity index (χ1) is 12.3. The van der Waals surface area contributed by atoms with Gasteiger partial charge in [-0.05, 0) is 44.0 Å². The number of nitrogens with two attached hydrogens (primary N) is 1. The number of aryl methyl sites for hydroxylation is 1. The van der Waals surface area contributed by atoms with Crippen molar-refractivity contribution in [2.45, 2.75) is 54.5 Å². The van der Waals surface area contributed by atoms with Gasteiger partial charge in [-0.25, -0.2) is 13.6 Å². The van der Waals surface area contributed by atoms with Gasteiger partial charge in [0.15, 0.2) is 5.16 Å². The molecule has 3 rings (SSSR count). The van der Waals surface area contributed by atoms with Crippen molar-refractivity contribution in [3.8, 4) is 0 Å². The summed E-state index contributed by atoms with van der Waals surface area (Å²) in [5.41, 5.74) is 0.509. The minimum absolute atomic E-state index is 0.00377. The zero-order valence-corrected chi connectivity index (χ0v) is 16.0. The minimum atomic E-state index is -3.75. The van der Waals surface area contributed by atoms with Crippen LogP contribution in [0, 0.1) is 0 Å². The molecule has 2 aromatic rings. The molecule has 10 heteroatoms. The molecule has 0 fully saturated rings. The number of sulfonamides is 1. The maximum atomic E-state index is 12.4. The lowest BCUT2D eigenvalue weighted by atomic mass is 10.2. The van der Waals surface area contributed by atoms with E-state index in [4.69, 9.17) is 5.14 Å². The molecule has 1 aromatic heterocycles. The van der Waals surface area contributed by atoms with Crippen molar-refractivity contribution in [3.63, 3.8) is 0 Å². The van der Waals surface area contributed by atoms with Crippen LogP contribution in [0.3, 0.4) is 0 Å². The lowest BCUT2D eigenvalue weighted by Gasteiger charge is -2.13. The number of carbonyl (C=O) groups is 1. The summed E-state index contributed by atoms with van der Waals surface area (Å²) in [6.07, 6.45) is 4.31. The third-order valence-corrected chi connectivity index (χ3v) is 6.19. The second kappa shape index (κ2) is 7.77. The maximum absolute atomic E-state index is 12.4. The van der Waals surface area contributed by atoms with Crippen LogP contribution in [0.25, 0.3) is 0 Å². The molecule has 1 aliphatic rings. The van der Waals surface area contributed by atoms with E-state index >= 15 is 0 Å². The SMILES string of the molecule is C[C@H](Sc1nnc2n1CCCCC2)C(=O)Nc1ccc(S(N)(=O)=O)cc1. The van der Waals surface area contributed by atoms with E-state index in [1.807, 2.05) is 0 Å². The Morgan fingerprint density at radius 3 is 2.65 bits per heavy atom. The van der Waals surface area contributed by atoms with Gasteiger partial charge in [-0.15, -0.1) is 10.2 Å². The molecule has 0 radical (unpaired) electrons. The normalized spacial score (nSPS) is 15.8. The number of fused-ring (bicyclic) bond motifs is 1. The molecule has 1 aromatic carbocycles. The lowest BCUT2D eigenvalue weighted by molar-refractivity contribution is -0.115. The maximum Gasteiger partial charge on any atom is 0.238 e. The molecule has 0 bridgehead atoms. The molecule has 1 amide bonds. The van der Waals surface area contributed by atoms with Crippen molar-refractivity contribution in [1.29, 1.82) is 0 Å². The van der Waals surface area contributed by atoms with Crippen LogP contribution in [0.4, 0.5) is 5.69 Å². The molecule has 0 saturated heterocycles. The van der Waals surface area contributed by atoms with Crippen molar-refractivity contribution >= 4 is 33.4 Å². The molecular weight excluding hydrogens is 374 g/mol. The number of nitrogens with one attached hydrogen (secondary N) is 1. The minimum Gasteiger partial charge on any atom is -0.325 e. The topological polar surface area (TPSA) is 120 Å². The zero-order chi connectivity index (χ0) is 18.7. The van der Waals surface area contributed by atoms with Crippen molar-refractivity contribution < 1.29 is 13.2 Å². The standard InChI is InChI=1S/C16H21N5O3S2/c1-11(25-16-20-19-14-5-3-2-4-10-21(14)16)15(22)18-12-6-8-13(9-7-12)26(17,23)24/h6-9,11H,2-5,10H2,1H3,(H,18,22)(H2,17,23,24)/t11-/m0/s1. The van der Waals surface area contributed by atoms with Gasteiger partial charge in [0.2, 0.25) is 15.9 Å². The quantitative estimate of drug-likeness (QED) is 0.745. The van der Waals surface area contributed by atoms with Crippen molar-refractivity contribution in [3.05, 3.63) is 30.1 Å². The lowest BCUT2D eigenvalue weighted by Crippen LogP contribution is -2.23. The van der Waals surface area contributed by atoms with Crippen LogP contribution in [0.2, 0.25) is 0 Å². The number of nitrogens with zero attached hydrogens (tertiary/aromatic N) is 3. The Balaban J connectivity index is 1.64. The van der Waals surface area contributed by atoms with Crippen LogP contribution in [0.1, 0.15) is 32.0 Å². The van der Waals surface area contributed by atoms with Gasteiger partial charge < -0.3 is 9.88 Å². The van der Waals surface area contributed by atoms with Crippen LogP contribution in [0.5, 0.6) is 0 Å². The van der Waals surface area contributed by atoms with Crippen LogP contribution < -0.4 is 10.5 Å². The van der Waals surface area contributed by atoms with Crippen LogP contribution in [0.15, 0.2) is 34.3 Å². The molecule has 8 nitrogen and oxygen atoms in total. The third kappa shape index (κ3) is 4.43. The van der Waals surface area contributed by atoms with Gasteiger partial charge in [-0.1, -0.05) is 18.2 Å². The van der Waals surface area contributed by atoms with E-state index in [9.17, 15) is 13.2 Å². The monoisotopic (exact) mass is 395 g/mol. The van der Waals surface area contributed by atoms with Crippen LogP contribution in [-0.2, 0) is 27.8 Å². The fourth-order valence-corrected chi connectivity index (χ4v) is 4.14. The average molecular weight is 396 g/mol. The summed E-state index contributed by atoms with van der Waals surface area (Å²) < 4.78 is 24.6. The first kappa shape index (κ1) is 18.9. The van der Waals surface area contributed by atoms with E-state index in [0.29, 0.717) is 5.69 Å². The number of thioether (sulfide) groups is 1. The molecule has 2 heterocycles. The number of hydrogen-bond donors (Lipinski definition) is 2. The van der Waals surface area contributed by atoms with Crippen LogP contribution >= 0.6 is 11.8 Å². The molecule has 0 spiro atoms. The predicted octanol–water partition coefficient (Wildman–Crippen LogP) is 1.77. The summed E-state index contributed by atoms with van der Waals surface area (Å²) >= 11 is 1.37. The Bertz CT molecular complexity index is 893. The summed E-state index contributed by atoms with van der Waals surface area (Å²) in [6.45, 7) is 2.69. The number of carbonyl (C=O) groups excluding carboxylic acids is 1. The van der Waals surface area contributed by atoms with Crippen LogP contribution in [-0.4, -0.2) is 34.3 Å². The van der Waals surface area contributed by atoms with Crippen molar-refractivity contribution in [1.82, 2.24) is 14.8 Å². The van der Waals surface area contributed by atoms with E-state index < -0.39 is 10.0 Å². The molecule has 0 saturated carbocycles. The van der Waals surface area contributed by atoms with Gasteiger partial charge in [-0.2, -0.15) is 0 Å². The zero-order valence-electron chi connectivity index (χ0n) is 14.4. The molecule has 3 N–H and O–H groups in total. The smallest absolute Gasteiger partial charge is 0.238 e. The Hall–Kier alpha value is -1.91. The highest BCUT2D eigenvalue weighted by molar-refractivity contribution is 8.00. The number of aromatic nitrogens is 3. The number of primary sulfonamides is 1. The fourth-order valence-electron chi connectivity index (χ4n) is 2.73. The summed E-state index contributed by atoms with van der Waals surface area (Å²) in [7, 11) is -3.75. The Kier molecular flexibility index (Phi) is 5.64. The highest BCUT2D eigenvalue weighted by Crippen LogP contribution is 2.26. The molecule has 0 unspecified atom stereocenters. The number of benzene rings is 1. The van der Waals surface area contributed by atoms with E-state index in [0.717, 1.165) is 36.8 Å². The predicted molar refractivity (Wildman–Crippen MR) is 99.3 cm³/mol. The third-order valence-electron chi connectivity index (χ3n) is 4.18. The second-order valence-corrected chi connectivity index (χ2v) is 9.05. The van der Waals surface area contributed by atoms with E-state index in [2.05, 4.69) is 20.1 Å². The number of anilines is 1. The van der Waals surface area contributed by atoms with Gasteiger partial charge in [0.1, 0.15) is 5.82 Å². The van der Waals surface area contributed by atoms with Crippen molar-refractivity contribution in [2.75, 3.05) is 5.32 Å². The largest absolute Gasteiger partial charge is 0.325 e. The average Bonchev–Trinajstić information content (AvgIpc) is 2.81. The molecule has 0 aliphatic carbocycles. The highest BCUT2D eigenvalue weighted by atomic mass is 32.2. The van der Waals surface area contributed by atoms with E-state index in [1.54, 1.807) is 6.92 Å². The summed E-state index contributed by atoms with van der Waals surface area (Å²) in [6, 6.07) is 5.75. The molecular formula is C16H21N5O3S2. The molecule has 140 valence electrons. The van der Waals surface area contributed by atoms with Gasteiger partial charge in [0.25, 0.3) is 0 Å². The first-order valence-electron chi connectivity index (χ1n) is 8.37. The Morgan fingerprint density at radius 1 is 1.23 bits per heavy atom. The Morgan fingerprint density at radius 2 is 1.96 bits per heavy atom. The fraction of sp³-hybridized carbons (Fsp3) is 0.438. The van der Waals surface area contributed by atoms with Crippen molar-refractivity contribution in [2.24, 2.45) is 5.14 Å².